The molecule has 1 unspecified atom stereocenters. The third-order valence-corrected chi connectivity index (χ3v) is 4.80. The zero-order valence-electron chi connectivity index (χ0n) is 12.6. The molecule has 1 N–H and O–H groups in total. The lowest BCUT2D eigenvalue weighted by molar-refractivity contribution is 0.501. The van der Waals surface area contributed by atoms with Crippen molar-refractivity contribution in [2.75, 3.05) is 7.05 Å². The van der Waals surface area contributed by atoms with E-state index in [-0.39, 0.29) is 0 Å². The minimum atomic E-state index is 0.513. The highest BCUT2D eigenvalue weighted by atomic mass is 15.3. The molecule has 21 heavy (non-hydrogen) atoms. The van der Waals surface area contributed by atoms with Crippen LogP contribution < -0.4 is 5.32 Å². The van der Waals surface area contributed by atoms with Gasteiger partial charge in [0.05, 0.1) is 6.54 Å². The van der Waals surface area contributed by atoms with E-state index in [1.54, 1.807) is 0 Å². The molecular weight excluding hydrogens is 262 g/mol. The first-order chi connectivity index (χ1) is 10.3. The van der Waals surface area contributed by atoms with Gasteiger partial charge in [0.1, 0.15) is 5.82 Å². The summed E-state index contributed by atoms with van der Waals surface area (Å²) in [5.74, 6) is 3.08. The van der Waals surface area contributed by atoms with Crippen LogP contribution in [0.5, 0.6) is 0 Å². The van der Waals surface area contributed by atoms with Crippen LogP contribution in [-0.2, 0) is 19.5 Å². The monoisotopic (exact) mass is 285 g/mol. The van der Waals surface area contributed by atoms with Gasteiger partial charge in [-0.1, -0.05) is 0 Å². The minimum absolute atomic E-state index is 0.513. The molecule has 2 aromatic rings. The largest absolute Gasteiger partial charge is 0.346 e. The molecular formula is C16H23N5. The van der Waals surface area contributed by atoms with Gasteiger partial charge in [-0.3, -0.25) is 0 Å². The van der Waals surface area contributed by atoms with Gasteiger partial charge in [-0.15, -0.1) is 10.2 Å². The number of fused-ring (bicyclic) bond motifs is 1. The average Bonchev–Trinajstić information content (AvgIpc) is 3.10. The first-order valence-electron chi connectivity index (χ1n) is 8.09. The van der Waals surface area contributed by atoms with E-state index in [2.05, 4.69) is 50.2 Å². The van der Waals surface area contributed by atoms with Crippen LogP contribution >= 0.6 is 0 Å². The van der Waals surface area contributed by atoms with E-state index in [9.17, 15) is 0 Å². The Morgan fingerprint density at radius 2 is 2.24 bits per heavy atom. The van der Waals surface area contributed by atoms with E-state index < -0.39 is 0 Å². The van der Waals surface area contributed by atoms with Crippen molar-refractivity contribution in [2.45, 2.75) is 51.2 Å². The Hall–Kier alpha value is -1.62. The van der Waals surface area contributed by atoms with E-state index in [0.29, 0.717) is 6.04 Å². The molecule has 1 atom stereocenters. The molecule has 2 aromatic heterocycles. The normalized spacial score (nSPS) is 19.5. The van der Waals surface area contributed by atoms with Gasteiger partial charge in [-0.05, 0) is 50.3 Å². The van der Waals surface area contributed by atoms with Gasteiger partial charge in [0.15, 0.2) is 5.82 Å². The summed E-state index contributed by atoms with van der Waals surface area (Å²) in [6, 6.07) is 2.76. The molecule has 1 saturated carbocycles. The third-order valence-electron chi connectivity index (χ3n) is 4.80. The number of hydrogen-bond acceptors (Lipinski definition) is 3. The molecule has 2 aliphatic rings. The number of aryl methyl sites for hydroxylation is 1. The second-order valence-electron chi connectivity index (χ2n) is 6.36. The van der Waals surface area contributed by atoms with Crippen LogP contribution in [0.15, 0.2) is 18.5 Å². The third kappa shape index (κ3) is 2.50. The molecule has 112 valence electrons. The minimum Gasteiger partial charge on any atom is -0.346 e. The van der Waals surface area contributed by atoms with Crippen LogP contribution in [-0.4, -0.2) is 26.4 Å². The Labute approximate surface area is 125 Å². The van der Waals surface area contributed by atoms with Crippen molar-refractivity contribution in [3.8, 4) is 0 Å². The summed E-state index contributed by atoms with van der Waals surface area (Å²) in [5, 5.41) is 12.2. The van der Waals surface area contributed by atoms with E-state index in [1.807, 2.05) is 0 Å². The second-order valence-corrected chi connectivity index (χ2v) is 6.36. The topological polar surface area (TPSA) is 47.7 Å². The first kappa shape index (κ1) is 13.1. The molecule has 0 bridgehead atoms. The molecule has 0 aromatic carbocycles. The van der Waals surface area contributed by atoms with Gasteiger partial charge >= 0.3 is 0 Å². The lowest BCUT2D eigenvalue weighted by Gasteiger charge is -2.15. The Morgan fingerprint density at radius 3 is 3.05 bits per heavy atom. The number of aromatic nitrogens is 4. The van der Waals surface area contributed by atoms with Crippen molar-refractivity contribution in [3.63, 3.8) is 0 Å². The van der Waals surface area contributed by atoms with E-state index in [1.165, 1.54) is 31.2 Å². The van der Waals surface area contributed by atoms with Gasteiger partial charge in [0.2, 0.25) is 0 Å². The molecule has 1 aliphatic heterocycles. The Morgan fingerprint density at radius 1 is 1.33 bits per heavy atom. The smallest absolute Gasteiger partial charge is 0.152 e. The van der Waals surface area contributed by atoms with Crippen LogP contribution in [0.3, 0.4) is 0 Å². The molecule has 0 amide bonds. The summed E-state index contributed by atoms with van der Waals surface area (Å²) in [6.45, 7) is 1.90. The van der Waals surface area contributed by atoms with Crippen molar-refractivity contribution in [1.29, 1.82) is 0 Å². The average molecular weight is 285 g/mol. The van der Waals surface area contributed by atoms with Gasteiger partial charge in [0, 0.05) is 31.4 Å². The lowest BCUT2D eigenvalue weighted by Crippen LogP contribution is -2.18. The summed E-state index contributed by atoms with van der Waals surface area (Å²) in [4.78, 5) is 0. The highest BCUT2D eigenvalue weighted by Crippen LogP contribution is 2.40. The van der Waals surface area contributed by atoms with Gasteiger partial charge in [-0.25, -0.2) is 0 Å². The zero-order chi connectivity index (χ0) is 14.2. The fourth-order valence-corrected chi connectivity index (χ4v) is 3.49. The molecule has 0 saturated heterocycles. The molecule has 0 radical (unpaired) electrons. The molecule has 1 fully saturated rings. The van der Waals surface area contributed by atoms with E-state index >= 15 is 0 Å². The second kappa shape index (κ2) is 5.30. The SMILES string of the molecule is CNC(c1ccn(Cc2nnc3n2CCCC3)c1)C1CC1. The molecule has 5 nitrogen and oxygen atoms in total. The molecule has 4 rings (SSSR count). The molecule has 5 heteroatoms. The fourth-order valence-electron chi connectivity index (χ4n) is 3.49. The molecule has 3 heterocycles. The van der Waals surface area contributed by atoms with Crippen LogP contribution in [0.1, 0.15) is 48.9 Å². The van der Waals surface area contributed by atoms with Crippen LogP contribution in [0.4, 0.5) is 0 Å². The van der Waals surface area contributed by atoms with Crippen molar-refractivity contribution >= 4 is 0 Å². The maximum absolute atomic E-state index is 4.39. The zero-order valence-corrected chi connectivity index (χ0v) is 12.6. The summed E-state index contributed by atoms with van der Waals surface area (Å²) >= 11 is 0. The lowest BCUT2D eigenvalue weighted by atomic mass is 10.1. The summed E-state index contributed by atoms with van der Waals surface area (Å²) in [6.07, 6.45) is 10.7. The van der Waals surface area contributed by atoms with E-state index in [0.717, 1.165) is 37.1 Å². The highest BCUT2D eigenvalue weighted by molar-refractivity contribution is 5.19. The van der Waals surface area contributed by atoms with Crippen LogP contribution in [0.25, 0.3) is 0 Å². The first-order valence-corrected chi connectivity index (χ1v) is 8.09. The molecule has 1 aliphatic carbocycles. The predicted molar refractivity (Wildman–Crippen MR) is 81.0 cm³/mol. The van der Waals surface area contributed by atoms with Crippen molar-refractivity contribution in [3.05, 3.63) is 35.7 Å². The van der Waals surface area contributed by atoms with Crippen molar-refractivity contribution in [1.82, 2.24) is 24.6 Å². The number of rotatable bonds is 5. The van der Waals surface area contributed by atoms with E-state index in [4.69, 9.17) is 0 Å². The van der Waals surface area contributed by atoms with Gasteiger partial charge in [0.25, 0.3) is 0 Å². The summed E-state index contributed by atoms with van der Waals surface area (Å²) < 4.78 is 4.55. The van der Waals surface area contributed by atoms with Crippen LogP contribution in [0, 0.1) is 5.92 Å². The Balaban J connectivity index is 1.52. The Bertz CT molecular complexity index is 622. The maximum atomic E-state index is 4.39. The summed E-state index contributed by atoms with van der Waals surface area (Å²) in [5.41, 5.74) is 1.40. The summed E-state index contributed by atoms with van der Waals surface area (Å²) in [7, 11) is 2.06. The number of nitrogens with one attached hydrogen (secondary N) is 1. The fraction of sp³-hybridized carbons (Fsp3) is 0.625. The van der Waals surface area contributed by atoms with Crippen molar-refractivity contribution in [2.24, 2.45) is 5.92 Å². The van der Waals surface area contributed by atoms with Crippen molar-refractivity contribution < 1.29 is 0 Å². The van der Waals surface area contributed by atoms with Gasteiger partial charge < -0.3 is 14.5 Å². The number of nitrogens with zero attached hydrogens (tertiary/aromatic N) is 4. The predicted octanol–water partition coefficient (Wildman–Crippen LogP) is 2.13. The Kier molecular flexibility index (Phi) is 3.30. The standard InChI is InChI=1S/C16H23N5/c1-17-16(12-5-6-12)13-7-9-20(10-13)11-15-19-18-14-4-2-3-8-21(14)15/h7,9-10,12,16-17H,2-6,8,11H2,1H3. The van der Waals surface area contributed by atoms with Gasteiger partial charge in [-0.2, -0.15) is 0 Å². The molecule has 0 spiro atoms. The highest BCUT2D eigenvalue weighted by Gasteiger charge is 2.31. The number of hydrogen-bond donors (Lipinski definition) is 1. The quantitative estimate of drug-likeness (QED) is 0.915. The van der Waals surface area contributed by atoms with Crippen LogP contribution in [0.2, 0.25) is 0 Å². The maximum Gasteiger partial charge on any atom is 0.152 e.